The van der Waals surface area contributed by atoms with Gasteiger partial charge in [-0.25, -0.2) is 0 Å². The number of piperidine rings is 1. The minimum absolute atomic E-state index is 0.809. The van der Waals surface area contributed by atoms with Crippen LogP contribution >= 0.6 is 0 Å². The Kier molecular flexibility index (Phi) is 3.57. The molecule has 2 atom stereocenters. The van der Waals surface area contributed by atoms with E-state index in [0.29, 0.717) is 0 Å². The van der Waals surface area contributed by atoms with Crippen molar-refractivity contribution in [3.8, 4) is 0 Å². The molecule has 1 aliphatic heterocycles. The zero-order valence-electron chi connectivity index (χ0n) is 9.01. The summed E-state index contributed by atoms with van der Waals surface area (Å²) in [6.07, 6.45) is 2.84. The predicted molar refractivity (Wildman–Crippen MR) is 54.3 cm³/mol. The van der Waals surface area contributed by atoms with E-state index in [4.69, 9.17) is 0 Å². The van der Waals surface area contributed by atoms with Gasteiger partial charge >= 0.3 is 0 Å². The van der Waals surface area contributed by atoms with Gasteiger partial charge in [-0.15, -0.1) is 0 Å². The highest BCUT2D eigenvalue weighted by molar-refractivity contribution is 4.81. The molecule has 1 saturated heterocycles. The van der Waals surface area contributed by atoms with Crippen LogP contribution in [0, 0.1) is 11.8 Å². The summed E-state index contributed by atoms with van der Waals surface area (Å²) in [4.78, 5) is 2.62. The molecule has 2 unspecified atom stereocenters. The first kappa shape index (κ1) is 10.0. The molecule has 0 aromatic heterocycles. The van der Waals surface area contributed by atoms with Crippen LogP contribution in [0.25, 0.3) is 0 Å². The van der Waals surface area contributed by atoms with Gasteiger partial charge < -0.3 is 4.90 Å². The first-order chi connectivity index (χ1) is 5.66. The monoisotopic (exact) mass is 169 g/mol. The zero-order valence-corrected chi connectivity index (χ0v) is 9.01. The summed E-state index contributed by atoms with van der Waals surface area (Å²) in [5, 5.41) is 0. The molecule has 72 valence electrons. The maximum atomic E-state index is 2.62. The Morgan fingerprint density at radius 1 is 1.42 bits per heavy atom. The molecule has 1 fully saturated rings. The maximum Gasteiger partial charge on any atom is 0.00975 e. The van der Waals surface area contributed by atoms with Crippen molar-refractivity contribution in [3.63, 3.8) is 0 Å². The Labute approximate surface area is 77.1 Å². The number of hydrogen-bond acceptors (Lipinski definition) is 1. The lowest BCUT2D eigenvalue weighted by molar-refractivity contribution is 0.0847. The lowest BCUT2D eigenvalue weighted by Gasteiger charge is -2.40. The fourth-order valence-electron chi connectivity index (χ4n) is 2.58. The van der Waals surface area contributed by atoms with E-state index in [9.17, 15) is 0 Å². The van der Waals surface area contributed by atoms with Gasteiger partial charge in [-0.3, -0.25) is 0 Å². The van der Waals surface area contributed by atoms with Gasteiger partial charge in [0, 0.05) is 6.04 Å². The molecule has 0 spiro atoms. The van der Waals surface area contributed by atoms with Gasteiger partial charge in [0.1, 0.15) is 0 Å². The Morgan fingerprint density at radius 3 is 2.58 bits per heavy atom. The van der Waals surface area contributed by atoms with Crippen molar-refractivity contribution in [3.05, 3.63) is 0 Å². The zero-order chi connectivity index (χ0) is 9.14. The smallest absolute Gasteiger partial charge is 0.00975 e. The van der Waals surface area contributed by atoms with Gasteiger partial charge in [0.05, 0.1) is 0 Å². The van der Waals surface area contributed by atoms with Crippen molar-refractivity contribution in [2.45, 2.75) is 46.6 Å². The molecule has 1 heteroatoms. The highest BCUT2D eigenvalue weighted by Gasteiger charge is 2.28. The van der Waals surface area contributed by atoms with Gasteiger partial charge in [0.25, 0.3) is 0 Å². The summed E-state index contributed by atoms with van der Waals surface area (Å²) >= 11 is 0. The SMILES string of the molecule is CCN1CCCC(C(C)C)C1C. The van der Waals surface area contributed by atoms with Crippen LogP contribution in [0.4, 0.5) is 0 Å². The van der Waals surface area contributed by atoms with Crippen LogP contribution in [-0.4, -0.2) is 24.0 Å². The molecule has 0 aliphatic carbocycles. The van der Waals surface area contributed by atoms with Crippen molar-refractivity contribution in [1.82, 2.24) is 4.90 Å². The summed E-state index contributed by atoms with van der Waals surface area (Å²) in [7, 11) is 0. The molecule has 12 heavy (non-hydrogen) atoms. The van der Waals surface area contributed by atoms with Crippen molar-refractivity contribution >= 4 is 0 Å². The molecule has 1 rings (SSSR count). The van der Waals surface area contributed by atoms with E-state index in [-0.39, 0.29) is 0 Å². The van der Waals surface area contributed by atoms with Crippen molar-refractivity contribution in [1.29, 1.82) is 0 Å². The minimum atomic E-state index is 0.809. The van der Waals surface area contributed by atoms with Gasteiger partial charge in [-0.2, -0.15) is 0 Å². The lowest BCUT2D eigenvalue weighted by Crippen LogP contribution is -2.44. The summed E-state index contributed by atoms with van der Waals surface area (Å²) in [6.45, 7) is 11.9. The first-order valence-electron chi connectivity index (χ1n) is 5.40. The fraction of sp³-hybridized carbons (Fsp3) is 1.00. The second-order valence-corrected chi connectivity index (χ2v) is 4.42. The summed E-state index contributed by atoms with van der Waals surface area (Å²) < 4.78 is 0. The topological polar surface area (TPSA) is 3.24 Å². The van der Waals surface area contributed by atoms with E-state index in [1.165, 1.54) is 25.9 Å². The summed E-state index contributed by atoms with van der Waals surface area (Å²) in [5.74, 6) is 1.79. The van der Waals surface area contributed by atoms with Gasteiger partial charge in [0.2, 0.25) is 0 Å². The Bertz CT molecular complexity index is 131. The van der Waals surface area contributed by atoms with Crippen LogP contribution in [0.3, 0.4) is 0 Å². The Morgan fingerprint density at radius 2 is 2.08 bits per heavy atom. The van der Waals surface area contributed by atoms with Crippen LogP contribution in [0.1, 0.15) is 40.5 Å². The second-order valence-electron chi connectivity index (χ2n) is 4.42. The predicted octanol–water partition coefficient (Wildman–Crippen LogP) is 2.76. The number of hydrogen-bond donors (Lipinski definition) is 0. The molecule has 0 radical (unpaired) electrons. The van der Waals surface area contributed by atoms with E-state index in [2.05, 4.69) is 32.6 Å². The molecule has 0 N–H and O–H groups in total. The molecular weight excluding hydrogens is 146 g/mol. The van der Waals surface area contributed by atoms with Gasteiger partial charge in [-0.05, 0) is 44.7 Å². The van der Waals surface area contributed by atoms with Crippen molar-refractivity contribution in [2.75, 3.05) is 13.1 Å². The van der Waals surface area contributed by atoms with Crippen LogP contribution < -0.4 is 0 Å². The Hall–Kier alpha value is -0.0400. The molecular formula is C11H23N. The van der Waals surface area contributed by atoms with Gasteiger partial charge in [0.15, 0.2) is 0 Å². The highest BCUT2D eigenvalue weighted by atomic mass is 15.2. The van der Waals surface area contributed by atoms with Crippen LogP contribution in [0.2, 0.25) is 0 Å². The molecule has 1 nitrogen and oxygen atoms in total. The third kappa shape index (κ3) is 2.01. The van der Waals surface area contributed by atoms with E-state index in [1.807, 2.05) is 0 Å². The molecule has 0 saturated carbocycles. The standard InChI is InChI=1S/C11H23N/c1-5-12-8-6-7-11(9(2)3)10(12)4/h9-11H,5-8H2,1-4H3. The molecule has 0 bridgehead atoms. The largest absolute Gasteiger partial charge is 0.301 e. The van der Waals surface area contributed by atoms with Gasteiger partial charge in [-0.1, -0.05) is 20.8 Å². The molecule has 0 amide bonds. The molecule has 1 aliphatic rings. The van der Waals surface area contributed by atoms with E-state index < -0.39 is 0 Å². The number of nitrogens with zero attached hydrogens (tertiary/aromatic N) is 1. The number of likely N-dealkylation sites (tertiary alicyclic amines) is 1. The van der Waals surface area contributed by atoms with Crippen LogP contribution in [0.15, 0.2) is 0 Å². The summed E-state index contributed by atoms with van der Waals surface area (Å²) in [5.41, 5.74) is 0. The maximum absolute atomic E-state index is 2.62. The van der Waals surface area contributed by atoms with Crippen LogP contribution in [0.5, 0.6) is 0 Å². The van der Waals surface area contributed by atoms with E-state index in [1.54, 1.807) is 0 Å². The highest BCUT2D eigenvalue weighted by Crippen LogP contribution is 2.28. The normalized spacial score (nSPS) is 32.8. The molecule has 0 aromatic rings. The van der Waals surface area contributed by atoms with Crippen LogP contribution in [-0.2, 0) is 0 Å². The van der Waals surface area contributed by atoms with Crippen molar-refractivity contribution < 1.29 is 0 Å². The van der Waals surface area contributed by atoms with E-state index in [0.717, 1.165) is 17.9 Å². The summed E-state index contributed by atoms with van der Waals surface area (Å²) in [6, 6.07) is 0.809. The third-order valence-electron chi connectivity index (χ3n) is 3.44. The quantitative estimate of drug-likeness (QED) is 0.614. The lowest BCUT2D eigenvalue weighted by atomic mass is 9.82. The third-order valence-corrected chi connectivity index (χ3v) is 3.44. The average molecular weight is 169 g/mol. The van der Waals surface area contributed by atoms with Crippen molar-refractivity contribution in [2.24, 2.45) is 11.8 Å². The molecule has 1 heterocycles. The first-order valence-corrected chi connectivity index (χ1v) is 5.40. The Balaban J connectivity index is 2.53. The fourth-order valence-corrected chi connectivity index (χ4v) is 2.58. The number of rotatable bonds is 2. The minimum Gasteiger partial charge on any atom is -0.301 e. The second kappa shape index (κ2) is 4.27. The molecule has 0 aromatic carbocycles. The average Bonchev–Trinajstić information content (AvgIpc) is 2.04. The van der Waals surface area contributed by atoms with E-state index >= 15 is 0 Å².